The summed E-state index contributed by atoms with van der Waals surface area (Å²) in [5.41, 5.74) is 0. The third kappa shape index (κ3) is 3.36. The van der Waals surface area contributed by atoms with Crippen LogP contribution in [0.2, 0.25) is 0 Å². The lowest BCUT2D eigenvalue weighted by Gasteiger charge is -2.21. The molecule has 1 N–H and O–H groups in total. The summed E-state index contributed by atoms with van der Waals surface area (Å²) in [6.45, 7) is 6.42. The highest BCUT2D eigenvalue weighted by molar-refractivity contribution is 4.98. The summed E-state index contributed by atoms with van der Waals surface area (Å²) in [6.07, 6.45) is 6.35. The van der Waals surface area contributed by atoms with Gasteiger partial charge in [0.15, 0.2) is 5.82 Å². The maximum Gasteiger partial charge on any atom is 0.244 e. The number of rotatable bonds is 6. The van der Waals surface area contributed by atoms with Gasteiger partial charge >= 0.3 is 0 Å². The van der Waals surface area contributed by atoms with Crippen LogP contribution in [0.3, 0.4) is 0 Å². The van der Waals surface area contributed by atoms with Gasteiger partial charge in [0.1, 0.15) is 5.82 Å². The van der Waals surface area contributed by atoms with E-state index in [9.17, 15) is 5.11 Å². The molecule has 0 unspecified atom stereocenters. The molecule has 3 heterocycles. The molecule has 1 fully saturated rings. The molecule has 1 aliphatic rings. The molecule has 0 aliphatic carbocycles. The Hall–Kier alpha value is -1.73. The maximum absolute atomic E-state index is 9.94. The monoisotopic (exact) mass is 305 g/mol. The normalized spacial score (nSPS) is 22.5. The Labute approximate surface area is 130 Å². The zero-order chi connectivity index (χ0) is 15.5. The Balaban J connectivity index is 1.51. The van der Waals surface area contributed by atoms with E-state index in [2.05, 4.69) is 24.6 Å². The van der Waals surface area contributed by atoms with Crippen molar-refractivity contribution in [3.05, 3.63) is 29.9 Å². The Morgan fingerprint density at radius 3 is 2.82 bits per heavy atom. The standard InChI is InChI=1S/C15H23N5O2/c1-11-17-15(22-18-11)14-9-13(21)10-20(14)7-4-3-6-19-8-5-16-12(19)2/h5,8,13-14,21H,3-4,6-7,9-10H2,1-2H3/t13-,14-/m1/s1. The van der Waals surface area contributed by atoms with Crippen molar-refractivity contribution in [3.63, 3.8) is 0 Å². The summed E-state index contributed by atoms with van der Waals surface area (Å²) in [5, 5.41) is 13.8. The van der Waals surface area contributed by atoms with Gasteiger partial charge in [0.05, 0.1) is 12.1 Å². The highest BCUT2D eigenvalue weighted by Crippen LogP contribution is 2.31. The Morgan fingerprint density at radius 2 is 2.14 bits per heavy atom. The van der Waals surface area contributed by atoms with E-state index >= 15 is 0 Å². The fourth-order valence-electron chi connectivity index (χ4n) is 3.07. The molecule has 7 heteroatoms. The van der Waals surface area contributed by atoms with Crippen molar-refractivity contribution in [1.82, 2.24) is 24.6 Å². The van der Waals surface area contributed by atoms with E-state index in [0.717, 1.165) is 31.8 Å². The van der Waals surface area contributed by atoms with Crippen molar-refractivity contribution in [2.45, 2.75) is 51.8 Å². The second-order valence-electron chi connectivity index (χ2n) is 5.96. The molecule has 120 valence electrons. The Bertz CT molecular complexity index is 609. The SMILES string of the molecule is Cc1noc([C@H]2C[C@@H](O)CN2CCCCn2ccnc2C)n1. The van der Waals surface area contributed by atoms with Crippen LogP contribution in [-0.4, -0.2) is 48.9 Å². The van der Waals surface area contributed by atoms with E-state index in [-0.39, 0.29) is 12.1 Å². The lowest BCUT2D eigenvalue weighted by Crippen LogP contribution is -2.26. The van der Waals surface area contributed by atoms with Gasteiger partial charge in [0.2, 0.25) is 5.89 Å². The average molecular weight is 305 g/mol. The fourth-order valence-corrected chi connectivity index (χ4v) is 3.07. The van der Waals surface area contributed by atoms with Gasteiger partial charge in [-0.1, -0.05) is 5.16 Å². The van der Waals surface area contributed by atoms with Crippen LogP contribution < -0.4 is 0 Å². The van der Waals surface area contributed by atoms with Gasteiger partial charge in [-0.15, -0.1) is 0 Å². The number of aliphatic hydroxyl groups excluding tert-OH is 1. The van der Waals surface area contributed by atoms with E-state index in [1.165, 1.54) is 0 Å². The highest BCUT2D eigenvalue weighted by atomic mass is 16.5. The molecule has 7 nitrogen and oxygen atoms in total. The van der Waals surface area contributed by atoms with Gasteiger partial charge in [-0.2, -0.15) is 4.98 Å². The van der Waals surface area contributed by atoms with Gasteiger partial charge in [0, 0.05) is 25.5 Å². The minimum atomic E-state index is -0.312. The number of likely N-dealkylation sites (tertiary alicyclic amines) is 1. The summed E-state index contributed by atoms with van der Waals surface area (Å²) in [5.74, 6) is 2.32. The topological polar surface area (TPSA) is 80.2 Å². The molecule has 0 saturated carbocycles. The molecule has 0 spiro atoms. The predicted octanol–water partition coefficient (Wildman–Crippen LogP) is 1.47. The minimum Gasteiger partial charge on any atom is -0.392 e. The first kappa shape index (κ1) is 15.2. The van der Waals surface area contributed by atoms with E-state index in [1.807, 2.05) is 26.2 Å². The van der Waals surface area contributed by atoms with Crippen molar-refractivity contribution in [2.75, 3.05) is 13.1 Å². The molecule has 2 aromatic rings. The molecule has 2 atom stereocenters. The molecule has 3 rings (SSSR count). The van der Waals surface area contributed by atoms with E-state index < -0.39 is 0 Å². The third-order valence-electron chi connectivity index (χ3n) is 4.23. The quantitative estimate of drug-likeness (QED) is 0.814. The molecule has 0 bridgehead atoms. The Kier molecular flexibility index (Phi) is 4.54. The summed E-state index contributed by atoms with van der Waals surface area (Å²) in [7, 11) is 0. The van der Waals surface area contributed by atoms with Crippen molar-refractivity contribution in [2.24, 2.45) is 0 Å². The lowest BCUT2D eigenvalue weighted by atomic mass is 10.2. The van der Waals surface area contributed by atoms with Crippen LogP contribution in [0.1, 0.15) is 42.8 Å². The van der Waals surface area contributed by atoms with Crippen LogP contribution in [0, 0.1) is 13.8 Å². The summed E-state index contributed by atoms with van der Waals surface area (Å²) < 4.78 is 7.45. The number of aryl methyl sites for hydroxylation is 3. The zero-order valence-corrected chi connectivity index (χ0v) is 13.1. The molecule has 1 saturated heterocycles. The first-order valence-corrected chi connectivity index (χ1v) is 7.83. The molecular weight excluding hydrogens is 282 g/mol. The van der Waals surface area contributed by atoms with Gasteiger partial charge in [0.25, 0.3) is 0 Å². The zero-order valence-electron chi connectivity index (χ0n) is 13.1. The van der Waals surface area contributed by atoms with Crippen LogP contribution in [0.15, 0.2) is 16.9 Å². The number of hydrogen-bond donors (Lipinski definition) is 1. The third-order valence-corrected chi connectivity index (χ3v) is 4.23. The molecule has 1 aliphatic heterocycles. The number of aliphatic hydroxyl groups is 1. The lowest BCUT2D eigenvalue weighted by molar-refractivity contribution is 0.171. The largest absolute Gasteiger partial charge is 0.392 e. The van der Waals surface area contributed by atoms with E-state index in [1.54, 1.807) is 0 Å². The number of β-amino-alcohol motifs (C(OH)–C–C–N with tert-alkyl or cyclic N) is 1. The van der Waals surface area contributed by atoms with Gasteiger partial charge in [-0.3, -0.25) is 4.90 Å². The van der Waals surface area contributed by atoms with Crippen molar-refractivity contribution in [3.8, 4) is 0 Å². The van der Waals surface area contributed by atoms with Crippen molar-refractivity contribution >= 4 is 0 Å². The molecule has 0 aromatic carbocycles. The number of aromatic nitrogens is 4. The number of unbranched alkanes of at least 4 members (excludes halogenated alkanes) is 1. The summed E-state index contributed by atoms with van der Waals surface area (Å²) >= 11 is 0. The summed E-state index contributed by atoms with van der Waals surface area (Å²) in [6, 6.07) is 0.0474. The van der Waals surface area contributed by atoms with Gasteiger partial charge in [-0.05, 0) is 39.7 Å². The molecular formula is C15H23N5O2. The van der Waals surface area contributed by atoms with Gasteiger partial charge in [-0.25, -0.2) is 4.98 Å². The first-order valence-electron chi connectivity index (χ1n) is 7.83. The van der Waals surface area contributed by atoms with Crippen LogP contribution in [0.4, 0.5) is 0 Å². The predicted molar refractivity (Wildman–Crippen MR) is 80.2 cm³/mol. The van der Waals surface area contributed by atoms with Crippen molar-refractivity contribution in [1.29, 1.82) is 0 Å². The minimum absolute atomic E-state index is 0.0474. The number of hydrogen-bond acceptors (Lipinski definition) is 6. The van der Waals surface area contributed by atoms with Crippen LogP contribution >= 0.6 is 0 Å². The second kappa shape index (κ2) is 6.58. The Morgan fingerprint density at radius 1 is 1.32 bits per heavy atom. The van der Waals surface area contributed by atoms with Crippen molar-refractivity contribution < 1.29 is 9.63 Å². The molecule has 22 heavy (non-hydrogen) atoms. The molecule has 0 radical (unpaired) electrons. The van der Waals surface area contributed by atoms with Crippen LogP contribution in [0.5, 0.6) is 0 Å². The first-order chi connectivity index (χ1) is 10.6. The highest BCUT2D eigenvalue weighted by Gasteiger charge is 2.35. The smallest absolute Gasteiger partial charge is 0.244 e. The second-order valence-corrected chi connectivity index (χ2v) is 5.96. The number of imidazole rings is 1. The van der Waals surface area contributed by atoms with Crippen LogP contribution in [-0.2, 0) is 6.54 Å². The van der Waals surface area contributed by atoms with E-state index in [0.29, 0.717) is 24.7 Å². The molecule has 2 aromatic heterocycles. The number of nitrogens with zero attached hydrogens (tertiary/aromatic N) is 5. The molecule has 0 amide bonds. The summed E-state index contributed by atoms with van der Waals surface area (Å²) in [4.78, 5) is 10.8. The fraction of sp³-hybridized carbons (Fsp3) is 0.667. The van der Waals surface area contributed by atoms with E-state index in [4.69, 9.17) is 4.52 Å². The maximum atomic E-state index is 9.94. The average Bonchev–Trinajstić information content (AvgIpc) is 3.17. The van der Waals surface area contributed by atoms with Crippen LogP contribution in [0.25, 0.3) is 0 Å². The van der Waals surface area contributed by atoms with Gasteiger partial charge < -0.3 is 14.2 Å².